The van der Waals surface area contributed by atoms with Crippen molar-refractivity contribution < 1.29 is 57.0 Å². The molecular formula is C27H23F3N10O9S3. The molecule has 0 bridgehead atoms. The SMILES string of the molecule is CON=C(Cn1nnnc1SCC1=C(C(=O)O)N2C(=O)C(NC(=O)C(=NOCc3ccccc3)c3csc(NC(=O)C(F)(F)F)n3)[C@@H]2SC1)C(=O)O. The van der Waals surface area contributed by atoms with Crippen LogP contribution in [0.5, 0.6) is 0 Å². The van der Waals surface area contributed by atoms with E-state index in [1.807, 2.05) is 0 Å². The average molecular weight is 785 g/mol. The number of hydrogen-bond acceptors (Lipinski definition) is 16. The number of carboxylic acids is 2. The Kier molecular flexibility index (Phi) is 11.7. The lowest BCUT2D eigenvalue weighted by Gasteiger charge is -2.49. The number of oxime groups is 2. The highest BCUT2D eigenvalue weighted by Crippen LogP contribution is 2.41. The summed E-state index contributed by atoms with van der Waals surface area (Å²) >= 11 is 2.70. The number of tetrazole rings is 1. The maximum atomic E-state index is 13.5. The Morgan fingerprint density at radius 3 is 2.58 bits per heavy atom. The third-order valence-corrected chi connectivity index (χ3v) is 9.97. The van der Waals surface area contributed by atoms with Crippen LogP contribution in [0.1, 0.15) is 11.3 Å². The number of hydrogen-bond donors (Lipinski definition) is 4. The number of anilines is 1. The molecule has 19 nitrogen and oxygen atoms in total. The number of carbonyl (C=O) groups excluding carboxylic acids is 3. The molecular weight excluding hydrogens is 762 g/mol. The van der Waals surface area contributed by atoms with Crippen molar-refractivity contribution >= 4 is 81.1 Å². The van der Waals surface area contributed by atoms with E-state index < -0.39 is 63.8 Å². The van der Waals surface area contributed by atoms with Gasteiger partial charge in [0, 0.05) is 16.9 Å². The molecule has 1 unspecified atom stereocenters. The molecule has 0 spiro atoms. The van der Waals surface area contributed by atoms with E-state index in [0.29, 0.717) is 22.5 Å². The molecule has 0 aliphatic carbocycles. The Balaban J connectivity index is 1.31. The third-order valence-electron chi connectivity index (χ3n) is 6.83. The number of rotatable bonds is 15. The summed E-state index contributed by atoms with van der Waals surface area (Å²) < 4.78 is 39.4. The second kappa shape index (κ2) is 16.2. The molecule has 5 rings (SSSR count). The van der Waals surface area contributed by atoms with Crippen molar-refractivity contribution in [1.82, 2.24) is 35.4 Å². The fourth-order valence-corrected chi connectivity index (χ4v) is 7.55. The van der Waals surface area contributed by atoms with E-state index in [1.54, 1.807) is 35.6 Å². The van der Waals surface area contributed by atoms with Crippen LogP contribution in [0, 0.1) is 0 Å². The van der Waals surface area contributed by atoms with Gasteiger partial charge in [0.1, 0.15) is 36.5 Å². The Labute approximate surface area is 301 Å². The monoisotopic (exact) mass is 784 g/mol. The molecule has 25 heteroatoms. The Morgan fingerprint density at radius 2 is 1.90 bits per heavy atom. The fraction of sp³-hybridized carbons (Fsp3) is 0.296. The predicted molar refractivity (Wildman–Crippen MR) is 175 cm³/mol. The van der Waals surface area contributed by atoms with Gasteiger partial charge < -0.3 is 25.2 Å². The summed E-state index contributed by atoms with van der Waals surface area (Å²) in [5.41, 5.74) is -0.571. The normalized spacial score (nSPS) is 17.6. The maximum absolute atomic E-state index is 13.5. The molecule has 3 aromatic rings. The van der Waals surface area contributed by atoms with Gasteiger partial charge in [0.05, 0.1) is 6.54 Å². The number of halogens is 3. The molecule has 2 aromatic heterocycles. The number of nitrogens with one attached hydrogen (secondary N) is 2. The summed E-state index contributed by atoms with van der Waals surface area (Å²) in [6, 6.07) is 7.39. The summed E-state index contributed by atoms with van der Waals surface area (Å²) in [4.78, 5) is 76.7. The number of alkyl halides is 3. The predicted octanol–water partition coefficient (Wildman–Crippen LogP) is 1.17. The molecule has 2 aliphatic rings. The smallest absolute Gasteiger partial charge is 0.471 e. The van der Waals surface area contributed by atoms with Gasteiger partial charge in [-0.1, -0.05) is 52.4 Å². The largest absolute Gasteiger partial charge is 0.477 e. The Morgan fingerprint density at radius 1 is 1.15 bits per heavy atom. The number of aromatic nitrogens is 5. The number of benzene rings is 1. The third kappa shape index (κ3) is 8.65. The minimum atomic E-state index is -5.20. The van der Waals surface area contributed by atoms with Crippen LogP contribution >= 0.6 is 34.9 Å². The number of amides is 3. The number of fused-ring (bicyclic) bond motifs is 1. The van der Waals surface area contributed by atoms with Gasteiger partial charge in [-0.2, -0.15) is 13.2 Å². The van der Waals surface area contributed by atoms with Crippen molar-refractivity contribution in [3.63, 3.8) is 0 Å². The van der Waals surface area contributed by atoms with Gasteiger partial charge in [-0.15, -0.1) is 28.2 Å². The number of thioether (sulfide) groups is 2. The summed E-state index contributed by atoms with van der Waals surface area (Å²) in [5.74, 6) is -6.80. The highest BCUT2D eigenvalue weighted by Gasteiger charge is 2.54. The van der Waals surface area contributed by atoms with Crippen LogP contribution in [0.2, 0.25) is 0 Å². The first-order valence-corrected chi connectivity index (χ1v) is 17.2. The fourth-order valence-electron chi connectivity index (χ4n) is 4.50. The zero-order valence-corrected chi connectivity index (χ0v) is 28.6. The summed E-state index contributed by atoms with van der Waals surface area (Å²) in [7, 11) is 1.16. The van der Waals surface area contributed by atoms with Crippen molar-refractivity contribution in [2.45, 2.75) is 35.9 Å². The van der Waals surface area contributed by atoms with Crippen molar-refractivity contribution in [3.05, 3.63) is 58.2 Å². The lowest BCUT2D eigenvalue weighted by molar-refractivity contribution is -0.167. The highest BCUT2D eigenvalue weighted by molar-refractivity contribution is 8.01. The minimum absolute atomic E-state index is 0.0149. The Bertz CT molecular complexity index is 1970. The molecule has 0 saturated carbocycles. The van der Waals surface area contributed by atoms with Crippen molar-refractivity contribution in [2.24, 2.45) is 10.3 Å². The van der Waals surface area contributed by atoms with E-state index in [-0.39, 0.29) is 41.2 Å². The molecule has 2 atom stereocenters. The van der Waals surface area contributed by atoms with Crippen molar-refractivity contribution in [3.8, 4) is 0 Å². The first-order chi connectivity index (χ1) is 24.8. The molecule has 1 saturated heterocycles. The number of β-lactam (4-membered cyclic amide) rings is 1. The number of nitrogens with zero attached hydrogens (tertiary/aromatic N) is 8. The number of thiazole rings is 1. The quantitative estimate of drug-likeness (QED) is 0.0731. The van der Waals surface area contributed by atoms with E-state index in [9.17, 15) is 47.4 Å². The minimum Gasteiger partial charge on any atom is -0.477 e. The molecule has 2 aliphatic heterocycles. The molecule has 0 radical (unpaired) electrons. The molecule has 4 N–H and O–H groups in total. The van der Waals surface area contributed by atoms with E-state index >= 15 is 0 Å². The van der Waals surface area contributed by atoms with Crippen molar-refractivity contribution in [1.29, 1.82) is 0 Å². The molecule has 4 heterocycles. The summed E-state index contributed by atoms with van der Waals surface area (Å²) in [5, 5.41) is 41.7. The highest BCUT2D eigenvalue weighted by atomic mass is 32.2. The van der Waals surface area contributed by atoms with Crippen LogP contribution in [0.3, 0.4) is 0 Å². The molecule has 3 amide bonds. The van der Waals surface area contributed by atoms with Crippen LogP contribution < -0.4 is 10.6 Å². The summed E-state index contributed by atoms with van der Waals surface area (Å²) in [6.07, 6.45) is -5.20. The van der Waals surface area contributed by atoms with Gasteiger partial charge in [0.15, 0.2) is 16.6 Å². The van der Waals surface area contributed by atoms with Crippen LogP contribution in [0.25, 0.3) is 0 Å². The molecule has 1 aromatic carbocycles. The van der Waals surface area contributed by atoms with Gasteiger partial charge in [-0.25, -0.2) is 19.3 Å². The Hall–Kier alpha value is -5.56. The average Bonchev–Trinajstić information content (AvgIpc) is 3.76. The maximum Gasteiger partial charge on any atom is 0.471 e. The van der Waals surface area contributed by atoms with Gasteiger partial charge >= 0.3 is 24.0 Å². The topological polar surface area (TPSA) is 253 Å². The second-order valence-corrected chi connectivity index (χ2v) is 13.1. The van der Waals surface area contributed by atoms with Crippen molar-refractivity contribution in [2.75, 3.05) is 23.9 Å². The van der Waals surface area contributed by atoms with Crippen LogP contribution in [0.15, 0.2) is 62.4 Å². The summed E-state index contributed by atoms with van der Waals surface area (Å²) in [6.45, 7) is -0.478. The second-order valence-electron chi connectivity index (χ2n) is 10.2. The lowest BCUT2D eigenvalue weighted by atomic mass is 10.0. The lowest BCUT2D eigenvalue weighted by Crippen LogP contribution is -2.71. The number of carbonyl (C=O) groups is 5. The van der Waals surface area contributed by atoms with E-state index in [1.165, 1.54) is 0 Å². The first kappa shape index (κ1) is 37.7. The van der Waals surface area contributed by atoms with Gasteiger partial charge in [-0.3, -0.25) is 24.6 Å². The van der Waals surface area contributed by atoms with Crippen LogP contribution in [-0.2, 0) is 46.8 Å². The molecule has 52 heavy (non-hydrogen) atoms. The zero-order chi connectivity index (χ0) is 37.6. The van der Waals surface area contributed by atoms with Crippen LogP contribution in [0.4, 0.5) is 18.3 Å². The van der Waals surface area contributed by atoms with Gasteiger partial charge in [0.2, 0.25) is 5.16 Å². The zero-order valence-electron chi connectivity index (χ0n) is 26.1. The van der Waals surface area contributed by atoms with E-state index in [4.69, 9.17) is 4.84 Å². The number of aliphatic carboxylic acids is 2. The first-order valence-electron chi connectivity index (χ1n) is 14.3. The standard InChI is InChI=1S/C27H23F3N10O9S3/c1-48-35-14(22(43)44)7-39-26(34-37-38-39)52-10-13-9-50-21-17(20(42)40(21)18(13)23(45)46)32-19(41)16(36-49-8-12-5-3-2-4-6-12)15-11-51-25(31-15)33-24(47)27(28,29)30/h2-6,11,17,21H,7-10H2,1H3,(H,32,41)(H,43,44)(H,45,46)(H,31,33,47)/t17?,21-/m0/s1. The number of carboxylic acid groups (broad SMARTS) is 2. The van der Waals surface area contributed by atoms with E-state index in [2.05, 4.69) is 41.0 Å². The molecule has 1 fully saturated rings. The van der Waals surface area contributed by atoms with Gasteiger partial charge in [0.25, 0.3) is 11.8 Å². The van der Waals surface area contributed by atoms with Crippen LogP contribution in [-0.4, -0.2) is 118 Å². The van der Waals surface area contributed by atoms with Gasteiger partial charge in [-0.05, 0) is 21.6 Å². The molecule has 274 valence electrons. The van der Waals surface area contributed by atoms with E-state index in [0.717, 1.165) is 45.6 Å².